The van der Waals surface area contributed by atoms with E-state index in [0.29, 0.717) is 17.1 Å². The van der Waals surface area contributed by atoms with Crippen LogP contribution in [0.5, 0.6) is 11.5 Å². The second-order valence-electron chi connectivity index (χ2n) is 3.32. The Morgan fingerprint density at radius 2 is 1.71 bits per heavy atom. The molecule has 0 saturated heterocycles. The normalized spacial score (nSPS) is 10.1. The Bertz CT molecular complexity index is 509. The van der Waals surface area contributed by atoms with Crippen molar-refractivity contribution in [3.05, 3.63) is 36.5 Å². The van der Waals surface area contributed by atoms with Gasteiger partial charge in [0.05, 0.1) is 20.4 Å². The number of nitrogens with zero attached hydrogens (tertiary/aromatic N) is 2. The van der Waals surface area contributed by atoms with E-state index >= 15 is 0 Å². The SMILES string of the molecule is COc1cc(OC)cc(-c2ncncc2F)c1. The van der Waals surface area contributed by atoms with Gasteiger partial charge in [0.1, 0.15) is 23.5 Å². The van der Waals surface area contributed by atoms with E-state index in [9.17, 15) is 4.39 Å². The van der Waals surface area contributed by atoms with Crippen LogP contribution in [0.15, 0.2) is 30.7 Å². The molecule has 0 spiro atoms. The zero-order valence-corrected chi connectivity index (χ0v) is 9.48. The van der Waals surface area contributed by atoms with Crippen LogP contribution in [0.4, 0.5) is 4.39 Å². The molecule has 0 radical (unpaired) electrons. The van der Waals surface area contributed by atoms with Gasteiger partial charge < -0.3 is 9.47 Å². The molecule has 1 heterocycles. The van der Waals surface area contributed by atoms with E-state index in [0.717, 1.165) is 6.20 Å². The first-order valence-electron chi connectivity index (χ1n) is 4.93. The summed E-state index contributed by atoms with van der Waals surface area (Å²) in [6.07, 6.45) is 2.42. The highest BCUT2D eigenvalue weighted by Gasteiger charge is 2.09. The predicted molar refractivity (Wildman–Crippen MR) is 60.5 cm³/mol. The predicted octanol–water partition coefficient (Wildman–Crippen LogP) is 2.30. The van der Waals surface area contributed by atoms with Gasteiger partial charge >= 0.3 is 0 Å². The molecule has 2 rings (SSSR count). The molecule has 0 fully saturated rings. The molecular formula is C12H11FN2O2. The van der Waals surface area contributed by atoms with Crippen molar-refractivity contribution in [3.8, 4) is 22.8 Å². The molecule has 1 aromatic heterocycles. The largest absolute Gasteiger partial charge is 0.497 e. The maximum atomic E-state index is 13.5. The van der Waals surface area contributed by atoms with Crippen LogP contribution in [0.25, 0.3) is 11.3 Å². The summed E-state index contributed by atoms with van der Waals surface area (Å²) in [5.74, 6) is 0.678. The highest BCUT2D eigenvalue weighted by atomic mass is 19.1. The Labute approximate surface area is 98.1 Å². The van der Waals surface area contributed by atoms with E-state index in [-0.39, 0.29) is 5.69 Å². The van der Waals surface area contributed by atoms with Gasteiger partial charge in [0, 0.05) is 11.6 Å². The monoisotopic (exact) mass is 234 g/mol. The number of aromatic nitrogens is 2. The van der Waals surface area contributed by atoms with Crippen molar-refractivity contribution < 1.29 is 13.9 Å². The van der Waals surface area contributed by atoms with Crippen LogP contribution in [0.2, 0.25) is 0 Å². The molecule has 0 atom stereocenters. The average molecular weight is 234 g/mol. The van der Waals surface area contributed by atoms with Crippen LogP contribution in [0, 0.1) is 5.82 Å². The van der Waals surface area contributed by atoms with Crippen molar-refractivity contribution in [1.29, 1.82) is 0 Å². The summed E-state index contributed by atoms with van der Waals surface area (Å²) >= 11 is 0. The van der Waals surface area contributed by atoms with Gasteiger partial charge in [0.25, 0.3) is 0 Å². The summed E-state index contributed by atoms with van der Waals surface area (Å²) in [4.78, 5) is 7.51. The molecule has 0 bridgehead atoms. The van der Waals surface area contributed by atoms with Gasteiger partial charge in [0.2, 0.25) is 0 Å². The minimum Gasteiger partial charge on any atom is -0.497 e. The summed E-state index contributed by atoms with van der Waals surface area (Å²) in [6, 6.07) is 5.09. The molecule has 88 valence electrons. The maximum Gasteiger partial charge on any atom is 0.167 e. The van der Waals surface area contributed by atoms with Crippen LogP contribution in [-0.4, -0.2) is 24.2 Å². The van der Waals surface area contributed by atoms with Crippen molar-refractivity contribution >= 4 is 0 Å². The number of ether oxygens (including phenoxy) is 2. The van der Waals surface area contributed by atoms with Crippen molar-refractivity contribution in [2.75, 3.05) is 14.2 Å². The van der Waals surface area contributed by atoms with Gasteiger partial charge in [-0.15, -0.1) is 0 Å². The fourth-order valence-electron chi connectivity index (χ4n) is 1.47. The third-order valence-electron chi connectivity index (χ3n) is 2.29. The number of hydrogen-bond acceptors (Lipinski definition) is 4. The Balaban J connectivity index is 2.55. The standard InChI is InChI=1S/C12H11FN2O2/c1-16-9-3-8(4-10(5-9)17-2)12-11(13)6-14-7-15-12/h3-7H,1-2H3. The summed E-state index contributed by atoms with van der Waals surface area (Å²) in [5, 5.41) is 0. The van der Waals surface area contributed by atoms with Crippen LogP contribution in [0.1, 0.15) is 0 Å². The smallest absolute Gasteiger partial charge is 0.167 e. The van der Waals surface area contributed by atoms with E-state index in [1.807, 2.05) is 0 Å². The molecule has 2 aromatic rings. The molecule has 0 unspecified atom stereocenters. The van der Waals surface area contributed by atoms with E-state index in [2.05, 4.69) is 9.97 Å². The van der Waals surface area contributed by atoms with Gasteiger partial charge in [-0.1, -0.05) is 0 Å². The molecule has 0 saturated carbocycles. The molecule has 0 aliphatic rings. The summed E-state index contributed by atoms with van der Waals surface area (Å²) in [7, 11) is 3.07. The second kappa shape index (κ2) is 4.78. The van der Waals surface area contributed by atoms with Crippen molar-refractivity contribution in [2.24, 2.45) is 0 Å². The molecule has 0 N–H and O–H groups in total. The van der Waals surface area contributed by atoms with Gasteiger partial charge in [-0.05, 0) is 12.1 Å². The number of benzene rings is 1. The van der Waals surface area contributed by atoms with E-state index < -0.39 is 5.82 Å². The third kappa shape index (κ3) is 2.33. The number of halogens is 1. The van der Waals surface area contributed by atoms with Crippen LogP contribution in [-0.2, 0) is 0 Å². The molecule has 4 nitrogen and oxygen atoms in total. The molecule has 1 aromatic carbocycles. The molecule has 0 aliphatic heterocycles. The summed E-state index contributed by atoms with van der Waals surface area (Å²) in [6.45, 7) is 0. The maximum absolute atomic E-state index is 13.5. The molecule has 0 amide bonds. The topological polar surface area (TPSA) is 44.2 Å². The van der Waals surface area contributed by atoms with E-state index in [1.165, 1.54) is 20.5 Å². The first kappa shape index (κ1) is 11.3. The zero-order valence-electron chi connectivity index (χ0n) is 9.48. The first-order valence-corrected chi connectivity index (χ1v) is 4.93. The fraction of sp³-hybridized carbons (Fsp3) is 0.167. The number of hydrogen-bond donors (Lipinski definition) is 0. The van der Waals surface area contributed by atoms with Gasteiger partial charge in [-0.25, -0.2) is 14.4 Å². The van der Waals surface area contributed by atoms with Gasteiger partial charge in [0.15, 0.2) is 5.82 Å². The minimum absolute atomic E-state index is 0.220. The van der Waals surface area contributed by atoms with E-state index in [4.69, 9.17) is 9.47 Å². The highest BCUT2D eigenvalue weighted by Crippen LogP contribution is 2.29. The number of methoxy groups -OCH3 is 2. The Morgan fingerprint density at radius 3 is 2.24 bits per heavy atom. The number of rotatable bonds is 3. The Morgan fingerprint density at radius 1 is 1.06 bits per heavy atom. The second-order valence-corrected chi connectivity index (χ2v) is 3.32. The lowest BCUT2D eigenvalue weighted by molar-refractivity contribution is 0.394. The Hall–Kier alpha value is -2.17. The average Bonchev–Trinajstić information content (AvgIpc) is 2.38. The van der Waals surface area contributed by atoms with Crippen molar-refractivity contribution in [3.63, 3.8) is 0 Å². The van der Waals surface area contributed by atoms with Crippen LogP contribution in [0.3, 0.4) is 0 Å². The summed E-state index contributed by atoms with van der Waals surface area (Å²) < 4.78 is 23.8. The highest BCUT2D eigenvalue weighted by molar-refractivity contribution is 5.64. The van der Waals surface area contributed by atoms with E-state index in [1.54, 1.807) is 18.2 Å². The van der Waals surface area contributed by atoms with Gasteiger partial charge in [-0.3, -0.25) is 0 Å². The molecule has 17 heavy (non-hydrogen) atoms. The van der Waals surface area contributed by atoms with Crippen LogP contribution >= 0.6 is 0 Å². The zero-order chi connectivity index (χ0) is 12.3. The lowest BCUT2D eigenvalue weighted by atomic mass is 10.1. The third-order valence-corrected chi connectivity index (χ3v) is 2.29. The Kier molecular flexibility index (Phi) is 3.18. The van der Waals surface area contributed by atoms with Crippen LogP contribution < -0.4 is 9.47 Å². The van der Waals surface area contributed by atoms with Gasteiger partial charge in [-0.2, -0.15) is 0 Å². The quantitative estimate of drug-likeness (QED) is 0.817. The minimum atomic E-state index is -0.484. The summed E-state index contributed by atoms with van der Waals surface area (Å²) in [5.41, 5.74) is 0.804. The fourth-order valence-corrected chi connectivity index (χ4v) is 1.47. The molecular weight excluding hydrogens is 223 g/mol. The lowest BCUT2D eigenvalue weighted by Crippen LogP contribution is -1.93. The first-order chi connectivity index (χ1) is 8.24. The molecule has 0 aliphatic carbocycles. The van der Waals surface area contributed by atoms with Crippen molar-refractivity contribution in [1.82, 2.24) is 9.97 Å². The lowest BCUT2D eigenvalue weighted by Gasteiger charge is -2.08. The molecule has 5 heteroatoms. The van der Waals surface area contributed by atoms with Crippen molar-refractivity contribution in [2.45, 2.75) is 0 Å².